The molecule has 1 atom stereocenters. The van der Waals surface area contributed by atoms with Crippen LogP contribution in [0.3, 0.4) is 0 Å². The van der Waals surface area contributed by atoms with Gasteiger partial charge in [-0.25, -0.2) is 19.9 Å². The summed E-state index contributed by atoms with van der Waals surface area (Å²) in [6.07, 6.45) is 8.04. The number of carbonyl (C=O) groups excluding carboxylic acids is 1. The van der Waals surface area contributed by atoms with Crippen molar-refractivity contribution in [2.75, 3.05) is 23.3 Å². The number of carbonyl (C=O) groups is 1. The number of amides is 1. The number of thiazole rings is 1. The zero-order valence-electron chi connectivity index (χ0n) is 16.6. The molecule has 5 rings (SSSR count). The Morgan fingerprint density at radius 1 is 1.17 bits per heavy atom. The Morgan fingerprint density at radius 2 is 2.10 bits per heavy atom. The number of fused-ring (bicyclic) bond motifs is 3. The van der Waals surface area contributed by atoms with Gasteiger partial charge < -0.3 is 14.8 Å². The van der Waals surface area contributed by atoms with Crippen molar-refractivity contribution in [2.45, 2.75) is 52.0 Å². The van der Waals surface area contributed by atoms with Gasteiger partial charge in [-0.15, -0.1) is 11.3 Å². The fraction of sp³-hybridized carbons (Fsp3) is 0.550. The molecule has 1 N–H and O–H groups in total. The molecule has 3 aromatic rings. The summed E-state index contributed by atoms with van der Waals surface area (Å²) in [4.78, 5) is 33.4. The summed E-state index contributed by atoms with van der Waals surface area (Å²) in [6.45, 7) is 4.43. The Bertz CT molecular complexity index is 1040. The molecule has 0 bridgehead atoms. The maximum atomic E-state index is 12.8. The van der Waals surface area contributed by atoms with E-state index in [-0.39, 0.29) is 11.8 Å². The molecule has 0 aromatic carbocycles. The van der Waals surface area contributed by atoms with Gasteiger partial charge in [-0.1, -0.05) is 6.42 Å². The number of imidazole rings is 1. The molecule has 1 amide bonds. The first-order valence-corrected chi connectivity index (χ1v) is 11.2. The van der Waals surface area contributed by atoms with Crippen molar-refractivity contribution >= 4 is 39.4 Å². The molecule has 2 aliphatic heterocycles. The fourth-order valence-corrected chi connectivity index (χ4v) is 5.05. The predicted octanol–water partition coefficient (Wildman–Crippen LogP) is 3.17. The number of hydrogen-bond acceptors (Lipinski definition) is 7. The monoisotopic (exact) mass is 411 g/mol. The summed E-state index contributed by atoms with van der Waals surface area (Å²) in [5.74, 6) is 1.93. The Kier molecular flexibility index (Phi) is 4.91. The molecule has 0 saturated carbocycles. The third kappa shape index (κ3) is 3.59. The highest BCUT2D eigenvalue weighted by atomic mass is 32.1. The van der Waals surface area contributed by atoms with Crippen LogP contribution in [-0.2, 0) is 17.8 Å². The Hall–Kier alpha value is -2.55. The van der Waals surface area contributed by atoms with Gasteiger partial charge in [0.1, 0.15) is 12.2 Å². The van der Waals surface area contributed by atoms with Crippen LogP contribution >= 0.6 is 11.3 Å². The number of piperidine rings is 1. The van der Waals surface area contributed by atoms with E-state index >= 15 is 0 Å². The van der Waals surface area contributed by atoms with Crippen LogP contribution in [0.2, 0.25) is 0 Å². The molecule has 3 aromatic heterocycles. The standard InChI is InChI=1S/C20H25N7OS/c1-13-11-29-20(23-13)25-19(28)14-6-5-8-26(10-14)17-16-18(22-12-21-17)27-9-4-2-3-7-15(27)24-16/h11-12,14H,2-10H2,1H3,(H,23,25,28)/t14-/m1/s1. The zero-order chi connectivity index (χ0) is 19.8. The number of aromatic nitrogens is 5. The minimum absolute atomic E-state index is 0.0370. The van der Waals surface area contributed by atoms with Crippen LogP contribution in [0.25, 0.3) is 11.2 Å². The van der Waals surface area contributed by atoms with Crippen molar-refractivity contribution in [3.8, 4) is 0 Å². The van der Waals surface area contributed by atoms with Crippen LogP contribution in [0.1, 0.15) is 43.6 Å². The second-order valence-electron chi connectivity index (χ2n) is 7.93. The largest absolute Gasteiger partial charge is 0.354 e. The van der Waals surface area contributed by atoms with Gasteiger partial charge in [0.2, 0.25) is 5.91 Å². The van der Waals surface area contributed by atoms with Crippen molar-refractivity contribution in [2.24, 2.45) is 5.92 Å². The van der Waals surface area contributed by atoms with Crippen molar-refractivity contribution in [1.29, 1.82) is 0 Å². The van der Waals surface area contributed by atoms with E-state index in [1.54, 1.807) is 6.33 Å². The highest BCUT2D eigenvalue weighted by Gasteiger charge is 2.29. The average Bonchev–Trinajstić information content (AvgIpc) is 3.22. The topological polar surface area (TPSA) is 88.8 Å². The van der Waals surface area contributed by atoms with Crippen molar-refractivity contribution in [3.05, 3.63) is 23.2 Å². The van der Waals surface area contributed by atoms with Gasteiger partial charge in [0.05, 0.1) is 11.6 Å². The molecule has 0 radical (unpaired) electrons. The van der Waals surface area contributed by atoms with Crippen LogP contribution in [-0.4, -0.2) is 43.5 Å². The SMILES string of the molecule is Cc1csc(NC(=O)[C@@H]2CCCN(c3ncnc4c3nc3n4CCCCC3)C2)n1. The van der Waals surface area contributed by atoms with E-state index in [1.807, 2.05) is 12.3 Å². The number of nitrogens with one attached hydrogen (secondary N) is 1. The first-order chi connectivity index (χ1) is 14.2. The molecule has 29 heavy (non-hydrogen) atoms. The smallest absolute Gasteiger partial charge is 0.231 e. The Morgan fingerprint density at radius 3 is 2.97 bits per heavy atom. The first-order valence-electron chi connectivity index (χ1n) is 10.4. The molecule has 1 fully saturated rings. The minimum atomic E-state index is -0.0848. The van der Waals surface area contributed by atoms with Gasteiger partial charge in [-0.05, 0) is 32.6 Å². The third-order valence-electron chi connectivity index (χ3n) is 5.81. The van der Waals surface area contributed by atoms with Gasteiger partial charge >= 0.3 is 0 Å². The lowest BCUT2D eigenvalue weighted by Crippen LogP contribution is -2.41. The maximum absolute atomic E-state index is 12.8. The summed E-state index contributed by atoms with van der Waals surface area (Å²) in [6, 6.07) is 0. The molecule has 0 spiro atoms. The summed E-state index contributed by atoms with van der Waals surface area (Å²) in [5.41, 5.74) is 2.73. The number of rotatable bonds is 3. The van der Waals surface area contributed by atoms with Gasteiger partial charge in [0, 0.05) is 31.4 Å². The molecule has 2 aliphatic rings. The van der Waals surface area contributed by atoms with E-state index in [0.29, 0.717) is 11.7 Å². The first kappa shape index (κ1) is 18.5. The van der Waals surface area contributed by atoms with E-state index < -0.39 is 0 Å². The molecule has 0 aliphatic carbocycles. The fourth-order valence-electron chi connectivity index (χ4n) is 4.36. The summed E-state index contributed by atoms with van der Waals surface area (Å²) >= 11 is 1.47. The zero-order valence-corrected chi connectivity index (χ0v) is 17.4. The van der Waals surface area contributed by atoms with E-state index in [2.05, 4.69) is 29.7 Å². The Labute approximate surface area is 173 Å². The van der Waals surface area contributed by atoms with E-state index in [4.69, 9.17) is 4.98 Å². The molecular weight excluding hydrogens is 386 g/mol. The number of nitrogens with zero attached hydrogens (tertiary/aromatic N) is 6. The highest BCUT2D eigenvalue weighted by Crippen LogP contribution is 2.30. The van der Waals surface area contributed by atoms with E-state index in [0.717, 1.165) is 60.9 Å². The lowest BCUT2D eigenvalue weighted by molar-refractivity contribution is -0.120. The quantitative estimate of drug-likeness (QED) is 0.712. The molecule has 8 nitrogen and oxygen atoms in total. The summed E-state index contributed by atoms with van der Waals surface area (Å²) in [7, 11) is 0. The second-order valence-corrected chi connectivity index (χ2v) is 8.79. The van der Waals surface area contributed by atoms with Gasteiger partial charge in [-0.3, -0.25) is 4.79 Å². The van der Waals surface area contributed by atoms with Gasteiger partial charge in [-0.2, -0.15) is 0 Å². The number of anilines is 2. The van der Waals surface area contributed by atoms with E-state index in [9.17, 15) is 4.79 Å². The van der Waals surface area contributed by atoms with E-state index in [1.165, 1.54) is 30.6 Å². The molecule has 0 unspecified atom stereocenters. The molecular formula is C20H25N7OS. The van der Waals surface area contributed by atoms with Crippen LogP contribution in [0.5, 0.6) is 0 Å². The molecule has 152 valence electrons. The Balaban J connectivity index is 1.39. The molecule has 1 saturated heterocycles. The molecule has 5 heterocycles. The highest BCUT2D eigenvalue weighted by molar-refractivity contribution is 7.13. The number of hydrogen-bond donors (Lipinski definition) is 1. The van der Waals surface area contributed by atoms with Gasteiger partial charge in [0.25, 0.3) is 0 Å². The summed E-state index contributed by atoms with van der Waals surface area (Å²) in [5, 5.41) is 5.60. The van der Waals surface area contributed by atoms with Crippen molar-refractivity contribution in [3.63, 3.8) is 0 Å². The van der Waals surface area contributed by atoms with Crippen LogP contribution < -0.4 is 10.2 Å². The lowest BCUT2D eigenvalue weighted by atomic mass is 9.97. The predicted molar refractivity (Wildman–Crippen MR) is 113 cm³/mol. The minimum Gasteiger partial charge on any atom is -0.354 e. The number of aryl methyl sites for hydroxylation is 3. The third-order valence-corrected chi connectivity index (χ3v) is 6.69. The normalized spacial score (nSPS) is 19.8. The second kappa shape index (κ2) is 7.70. The molecule has 9 heteroatoms. The van der Waals surface area contributed by atoms with Crippen molar-refractivity contribution in [1.82, 2.24) is 24.5 Å². The maximum Gasteiger partial charge on any atom is 0.231 e. The summed E-state index contributed by atoms with van der Waals surface area (Å²) < 4.78 is 2.26. The van der Waals surface area contributed by atoms with Gasteiger partial charge in [0.15, 0.2) is 22.1 Å². The van der Waals surface area contributed by atoms with Crippen LogP contribution in [0.4, 0.5) is 10.9 Å². The van der Waals surface area contributed by atoms with Crippen LogP contribution in [0, 0.1) is 12.8 Å². The van der Waals surface area contributed by atoms with Crippen molar-refractivity contribution < 1.29 is 4.79 Å². The average molecular weight is 412 g/mol. The van der Waals surface area contributed by atoms with Crippen LogP contribution in [0.15, 0.2) is 11.7 Å². The lowest BCUT2D eigenvalue weighted by Gasteiger charge is -2.32.